The highest BCUT2D eigenvalue weighted by atomic mass is 35.5. The van der Waals surface area contributed by atoms with Gasteiger partial charge in [0.2, 0.25) is 0 Å². The number of amides is 2. The second-order valence-electron chi connectivity index (χ2n) is 8.12. The number of hydrogen-bond acceptors (Lipinski definition) is 5. The van der Waals surface area contributed by atoms with Gasteiger partial charge < -0.3 is 9.30 Å². The predicted octanol–water partition coefficient (Wildman–Crippen LogP) is 6.04. The number of thioether (sulfide) groups is 1. The Morgan fingerprint density at radius 1 is 1.14 bits per heavy atom. The van der Waals surface area contributed by atoms with Crippen LogP contribution < -0.4 is 10.2 Å². The molecule has 0 unspecified atom stereocenters. The van der Waals surface area contributed by atoms with Gasteiger partial charge in [-0.3, -0.25) is 15.0 Å². The Balaban J connectivity index is 1.42. The van der Waals surface area contributed by atoms with E-state index in [0.717, 1.165) is 33.2 Å². The Morgan fingerprint density at radius 3 is 2.62 bits per heavy atom. The van der Waals surface area contributed by atoms with Crippen LogP contribution in [0.1, 0.15) is 21.5 Å². The molecule has 6 nitrogen and oxygen atoms in total. The molecule has 0 atom stereocenters. The number of ether oxygens (including phenoxy) is 1. The number of para-hydroxylation sites is 1. The van der Waals surface area contributed by atoms with Crippen LogP contribution in [0.5, 0.6) is 5.75 Å². The Morgan fingerprint density at radius 2 is 1.89 bits per heavy atom. The number of fused-ring (bicyclic) bond motifs is 1. The highest BCUT2D eigenvalue weighted by molar-refractivity contribution is 8.26. The molecule has 0 saturated carbocycles. The minimum Gasteiger partial charge on any atom is -0.497 e. The fraction of sp³-hybridized carbons (Fsp3) is 0.0741. The van der Waals surface area contributed by atoms with Crippen LogP contribution >= 0.6 is 35.6 Å². The number of nitrogens with one attached hydrogen (secondary N) is 1. The maximum Gasteiger partial charge on any atom is 0.285 e. The van der Waals surface area contributed by atoms with Gasteiger partial charge in [0.05, 0.1) is 18.6 Å². The molecule has 1 aliphatic rings. The van der Waals surface area contributed by atoms with Crippen LogP contribution in [0.4, 0.5) is 4.39 Å². The molecule has 2 heterocycles. The minimum absolute atomic E-state index is 0.208. The summed E-state index contributed by atoms with van der Waals surface area (Å²) in [5.41, 5.74) is 4.92. The maximum atomic E-state index is 14.5. The molecule has 0 aliphatic carbocycles. The second kappa shape index (κ2) is 10.4. The molecule has 1 fully saturated rings. The highest BCUT2D eigenvalue weighted by Crippen LogP contribution is 2.34. The van der Waals surface area contributed by atoms with Crippen LogP contribution in [0.3, 0.4) is 0 Å². The summed E-state index contributed by atoms with van der Waals surface area (Å²) < 4.78 is 21.7. The molecule has 1 saturated heterocycles. The summed E-state index contributed by atoms with van der Waals surface area (Å²) in [5.74, 6) is -0.689. The molecule has 0 radical (unpaired) electrons. The van der Waals surface area contributed by atoms with Gasteiger partial charge in [-0.05, 0) is 60.8 Å². The Kier molecular flexibility index (Phi) is 7.01. The summed E-state index contributed by atoms with van der Waals surface area (Å²) in [6.45, 7) is 0.221. The number of hydrogen-bond donors (Lipinski definition) is 1. The van der Waals surface area contributed by atoms with Crippen LogP contribution in [0.25, 0.3) is 17.0 Å². The van der Waals surface area contributed by atoms with Crippen LogP contribution in [-0.4, -0.2) is 32.8 Å². The number of methoxy groups -OCH3 is 1. The topological polar surface area (TPSA) is 63.6 Å². The number of benzene rings is 3. The zero-order valence-electron chi connectivity index (χ0n) is 19.4. The van der Waals surface area contributed by atoms with Gasteiger partial charge in [0, 0.05) is 38.8 Å². The zero-order chi connectivity index (χ0) is 26.1. The molecule has 3 aromatic carbocycles. The zero-order valence-corrected chi connectivity index (χ0v) is 21.8. The van der Waals surface area contributed by atoms with Gasteiger partial charge in [0.25, 0.3) is 11.8 Å². The number of thiocarbonyl (C=S) groups is 1. The van der Waals surface area contributed by atoms with Crippen LogP contribution in [0, 0.1) is 5.82 Å². The lowest BCUT2D eigenvalue weighted by Crippen LogP contribution is -2.44. The molecule has 37 heavy (non-hydrogen) atoms. The van der Waals surface area contributed by atoms with Gasteiger partial charge in [0.1, 0.15) is 11.6 Å². The Labute approximate surface area is 226 Å². The van der Waals surface area contributed by atoms with Crippen molar-refractivity contribution < 1.29 is 18.7 Å². The third-order valence-corrected chi connectivity index (χ3v) is 7.51. The quantitative estimate of drug-likeness (QED) is 0.234. The third-order valence-electron chi connectivity index (χ3n) is 5.86. The molecule has 5 rings (SSSR count). The summed E-state index contributed by atoms with van der Waals surface area (Å²) in [6, 6.07) is 18.7. The van der Waals surface area contributed by atoms with Gasteiger partial charge in [-0.25, -0.2) is 4.39 Å². The monoisotopic (exact) mass is 551 g/mol. The second-order valence-corrected chi connectivity index (χ2v) is 10.2. The maximum absolute atomic E-state index is 14.5. The van der Waals surface area contributed by atoms with Gasteiger partial charge in [-0.2, -0.15) is 5.01 Å². The van der Waals surface area contributed by atoms with E-state index in [9.17, 15) is 14.0 Å². The number of carbonyl (C=O) groups excluding carboxylic acids is 2. The first-order valence-corrected chi connectivity index (χ1v) is 12.7. The largest absolute Gasteiger partial charge is 0.497 e. The lowest BCUT2D eigenvalue weighted by atomic mass is 10.1. The van der Waals surface area contributed by atoms with Crippen molar-refractivity contribution in [1.82, 2.24) is 15.0 Å². The molecule has 1 aliphatic heterocycles. The SMILES string of the molecule is COc1ccc(C(=O)NN2C(=O)/C(=C\c3cn(Cc4c(F)cccc4Cl)c4ccccc34)SC2=S)cc1. The van der Waals surface area contributed by atoms with Gasteiger partial charge in [-0.1, -0.05) is 47.6 Å². The van der Waals surface area contributed by atoms with E-state index >= 15 is 0 Å². The van der Waals surface area contributed by atoms with E-state index in [-0.39, 0.29) is 16.7 Å². The van der Waals surface area contributed by atoms with Crippen LogP contribution in [0.2, 0.25) is 5.02 Å². The van der Waals surface area contributed by atoms with Crippen molar-refractivity contribution in [2.24, 2.45) is 0 Å². The minimum atomic E-state index is -0.474. The average Bonchev–Trinajstić information content (AvgIpc) is 3.38. The van der Waals surface area contributed by atoms with E-state index in [1.54, 1.807) is 42.5 Å². The standard InChI is InChI=1S/C27H19ClFN3O3S2/c1-35-18-11-9-16(10-12-18)25(33)30-32-26(34)24(37-27(32)36)13-17-14-31(23-8-3-2-5-19(17)23)15-20-21(28)6-4-7-22(20)29/h2-14H,15H2,1H3,(H,30,33)/b24-13+. The van der Waals surface area contributed by atoms with Crippen molar-refractivity contribution in [2.45, 2.75) is 6.54 Å². The lowest BCUT2D eigenvalue weighted by Gasteiger charge is -2.15. The molecule has 4 aromatic rings. The molecule has 0 spiro atoms. The van der Waals surface area contributed by atoms with E-state index in [4.69, 9.17) is 28.6 Å². The number of hydrazine groups is 1. The normalized spacial score (nSPS) is 14.6. The summed E-state index contributed by atoms with van der Waals surface area (Å²) in [6.07, 6.45) is 3.57. The smallest absolute Gasteiger partial charge is 0.285 e. The number of rotatable bonds is 6. The number of nitrogens with zero attached hydrogens (tertiary/aromatic N) is 2. The average molecular weight is 552 g/mol. The number of carbonyl (C=O) groups is 2. The molecule has 0 bridgehead atoms. The fourth-order valence-electron chi connectivity index (χ4n) is 3.99. The molecule has 1 aromatic heterocycles. The third kappa shape index (κ3) is 4.98. The Hall–Kier alpha value is -3.66. The molecule has 186 valence electrons. The number of halogens is 2. The summed E-state index contributed by atoms with van der Waals surface area (Å²) in [4.78, 5) is 26.2. The molecular formula is C27H19ClFN3O3S2. The van der Waals surface area contributed by atoms with Gasteiger partial charge in [0.15, 0.2) is 4.32 Å². The van der Waals surface area contributed by atoms with E-state index in [2.05, 4.69) is 5.43 Å². The predicted molar refractivity (Wildman–Crippen MR) is 148 cm³/mol. The van der Waals surface area contributed by atoms with Crippen molar-refractivity contribution in [3.8, 4) is 5.75 Å². The van der Waals surface area contributed by atoms with E-state index in [0.29, 0.717) is 26.8 Å². The fourth-order valence-corrected chi connectivity index (χ4v) is 5.38. The molecular weight excluding hydrogens is 533 g/mol. The van der Waals surface area contributed by atoms with Crippen LogP contribution in [0.15, 0.2) is 77.8 Å². The summed E-state index contributed by atoms with van der Waals surface area (Å²) >= 11 is 12.7. The van der Waals surface area contributed by atoms with Gasteiger partial charge in [-0.15, -0.1) is 0 Å². The van der Waals surface area contributed by atoms with Crippen molar-refractivity contribution in [1.29, 1.82) is 0 Å². The lowest BCUT2D eigenvalue weighted by molar-refractivity contribution is -0.123. The number of aromatic nitrogens is 1. The first-order valence-electron chi connectivity index (χ1n) is 11.1. The van der Waals surface area contributed by atoms with Crippen molar-refractivity contribution in [3.05, 3.63) is 105 Å². The molecule has 2 amide bonds. The summed E-state index contributed by atoms with van der Waals surface area (Å²) in [5, 5.41) is 2.28. The van der Waals surface area contributed by atoms with E-state index in [1.807, 2.05) is 35.0 Å². The van der Waals surface area contributed by atoms with Crippen LogP contribution in [-0.2, 0) is 11.3 Å². The van der Waals surface area contributed by atoms with E-state index in [1.165, 1.54) is 13.2 Å². The van der Waals surface area contributed by atoms with Crippen molar-refractivity contribution >= 4 is 68.7 Å². The Bertz CT molecular complexity index is 1560. The van der Waals surface area contributed by atoms with Crippen molar-refractivity contribution in [3.63, 3.8) is 0 Å². The summed E-state index contributed by atoms with van der Waals surface area (Å²) in [7, 11) is 1.54. The first kappa shape index (κ1) is 25.0. The first-order chi connectivity index (χ1) is 17.9. The molecule has 10 heteroatoms. The van der Waals surface area contributed by atoms with E-state index < -0.39 is 11.8 Å². The molecule has 1 N–H and O–H groups in total. The van der Waals surface area contributed by atoms with Gasteiger partial charge >= 0.3 is 0 Å². The highest BCUT2D eigenvalue weighted by Gasteiger charge is 2.34. The van der Waals surface area contributed by atoms with Crippen molar-refractivity contribution in [2.75, 3.05) is 7.11 Å².